The van der Waals surface area contributed by atoms with Gasteiger partial charge >= 0.3 is 19.1 Å². The summed E-state index contributed by atoms with van der Waals surface area (Å²) in [7, 11) is 0. The lowest BCUT2D eigenvalue weighted by atomic mass is 9.92. The van der Waals surface area contributed by atoms with E-state index in [1.54, 1.807) is 0 Å². The van der Waals surface area contributed by atoms with Gasteiger partial charge in [-0.2, -0.15) is 0 Å². The molecule has 1 rings (SSSR count). The molecule has 2 N–H and O–H groups in total. The van der Waals surface area contributed by atoms with Crippen molar-refractivity contribution in [3.8, 4) is 17.2 Å². The molecule has 0 spiro atoms. The molecule has 13 heteroatoms. The van der Waals surface area contributed by atoms with Gasteiger partial charge in [-0.25, -0.2) is 0 Å². The number of hydrogen-bond donors (Lipinski definition) is 1. The van der Waals surface area contributed by atoms with Crippen molar-refractivity contribution in [1.82, 2.24) is 0 Å². The molecule has 0 aliphatic carbocycles. The SMILES string of the molecule is CC(CN)CC(C)CCCc1ccc(OC(F)(F)F)c(OC(F)(F)F)c1OC(F)(F)F. The zero-order chi connectivity index (χ0) is 24.0. The van der Waals surface area contributed by atoms with Gasteiger partial charge in [0.2, 0.25) is 5.75 Å². The summed E-state index contributed by atoms with van der Waals surface area (Å²) in [5, 5.41) is 0. The third kappa shape index (κ3) is 10.7. The van der Waals surface area contributed by atoms with Crippen LogP contribution < -0.4 is 19.9 Å². The Hall–Kier alpha value is -2.05. The number of ether oxygens (including phenoxy) is 3. The first-order valence-corrected chi connectivity index (χ1v) is 9.14. The molecule has 0 bridgehead atoms. The fourth-order valence-corrected chi connectivity index (χ4v) is 2.97. The van der Waals surface area contributed by atoms with E-state index in [1.165, 1.54) is 0 Å². The number of nitrogens with two attached hydrogens (primary N) is 1. The second kappa shape index (κ2) is 10.5. The second-order valence-corrected chi connectivity index (χ2v) is 7.10. The normalized spacial score (nSPS) is 14.8. The smallest absolute Gasteiger partial charge is 0.402 e. The highest BCUT2D eigenvalue weighted by Crippen LogP contribution is 2.47. The molecule has 0 saturated carbocycles. The predicted molar refractivity (Wildman–Crippen MR) is 91.4 cm³/mol. The van der Waals surface area contributed by atoms with Gasteiger partial charge < -0.3 is 19.9 Å². The molecule has 180 valence electrons. The van der Waals surface area contributed by atoms with Crippen LogP contribution in [0.2, 0.25) is 0 Å². The first kappa shape index (κ1) is 27.0. The topological polar surface area (TPSA) is 53.7 Å². The van der Waals surface area contributed by atoms with Crippen molar-refractivity contribution >= 4 is 0 Å². The summed E-state index contributed by atoms with van der Waals surface area (Å²) in [6.07, 6.45) is -15.3. The zero-order valence-electron chi connectivity index (χ0n) is 16.5. The van der Waals surface area contributed by atoms with E-state index in [0.717, 1.165) is 12.5 Å². The van der Waals surface area contributed by atoms with Crippen LogP contribution >= 0.6 is 0 Å². The summed E-state index contributed by atoms with van der Waals surface area (Å²) in [5.74, 6) is -4.69. The molecule has 2 unspecified atom stereocenters. The van der Waals surface area contributed by atoms with Gasteiger partial charge in [0.15, 0.2) is 11.5 Å². The van der Waals surface area contributed by atoms with Gasteiger partial charge in [0.1, 0.15) is 0 Å². The number of benzene rings is 1. The Balaban J connectivity index is 3.25. The standard InChI is InChI=1S/C18H22F9NO3/c1-10(8-11(2)9-28)4-3-5-12-6-7-13(29-16(19,20)21)15(31-18(25,26)27)14(12)30-17(22,23)24/h6-7,10-11H,3-5,8-9,28H2,1-2H3. The molecule has 31 heavy (non-hydrogen) atoms. The highest BCUT2D eigenvalue weighted by atomic mass is 19.4. The molecule has 0 aliphatic rings. The summed E-state index contributed by atoms with van der Waals surface area (Å²) in [6.45, 7) is 4.22. The van der Waals surface area contributed by atoms with Crippen LogP contribution in [0.15, 0.2) is 12.1 Å². The summed E-state index contributed by atoms with van der Waals surface area (Å²) >= 11 is 0. The lowest BCUT2D eigenvalue weighted by Crippen LogP contribution is -2.24. The number of hydrogen-bond acceptors (Lipinski definition) is 4. The number of alkyl halides is 9. The molecule has 0 amide bonds. The first-order valence-electron chi connectivity index (χ1n) is 9.14. The fraction of sp³-hybridized carbons (Fsp3) is 0.667. The van der Waals surface area contributed by atoms with Gasteiger partial charge in [-0.05, 0) is 49.3 Å². The van der Waals surface area contributed by atoms with Crippen LogP contribution in [0.4, 0.5) is 39.5 Å². The largest absolute Gasteiger partial charge is 0.573 e. The van der Waals surface area contributed by atoms with Crippen LogP contribution in [0.1, 0.15) is 38.7 Å². The van der Waals surface area contributed by atoms with Crippen LogP contribution in [-0.2, 0) is 6.42 Å². The highest BCUT2D eigenvalue weighted by molar-refractivity contribution is 5.56. The third-order valence-corrected chi connectivity index (χ3v) is 4.17. The van der Waals surface area contributed by atoms with Gasteiger partial charge in [-0.15, -0.1) is 39.5 Å². The molecule has 0 saturated heterocycles. The maximum atomic E-state index is 12.8. The molecular weight excluding hydrogens is 449 g/mol. The fourth-order valence-electron chi connectivity index (χ4n) is 2.97. The van der Waals surface area contributed by atoms with E-state index in [4.69, 9.17) is 5.73 Å². The van der Waals surface area contributed by atoms with Gasteiger partial charge in [0.25, 0.3) is 0 Å². The zero-order valence-corrected chi connectivity index (χ0v) is 16.5. The maximum absolute atomic E-state index is 12.8. The van der Waals surface area contributed by atoms with E-state index in [2.05, 4.69) is 14.2 Å². The molecule has 0 heterocycles. The Labute approximate surface area is 172 Å². The minimum absolute atomic E-state index is 0.115. The molecule has 2 atom stereocenters. The molecule has 1 aromatic rings. The van der Waals surface area contributed by atoms with E-state index in [-0.39, 0.29) is 24.7 Å². The van der Waals surface area contributed by atoms with Crippen molar-refractivity contribution in [2.24, 2.45) is 17.6 Å². The van der Waals surface area contributed by atoms with Crippen LogP contribution in [-0.4, -0.2) is 25.6 Å². The lowest BCUT2D eigenvalue weighted by Gasteiger charge is -2.22. The minimum Gasteiger partial charge on any atom is -0.402 e. The quantitative estimate of drug-likeness (QED) is 0.406. The summed E-state index contributed by atoms with van der Waals surface area (Å²) in [6, 6.07) is 1.23. The molecule has 4 nitrogen and oxygen atoms in total. The Morgan fingerprint density at radius 3 is 1.77 bits per heavy atom. The first-order chi connectivity index (χ1) is 14.0. The highest BCUT2D eigenvalue weighted by Gasteiger charge is 2.41. The molecule has 0 radical (unpaired) electrons. The van der Waals surface area contributed by atoms with E-state index in [0.29, 0.717) is 19.0 Å². The third-order valence-electron chi connectivity index (χ3n) is 4.17. The maximum Gasteiger partial charge on any atom is 0.573 e. The molecule has 1 aromatic carbocycles. The van der Waals surface area contributed by atoms with Gasteiger partial charge in [0.05, 0.1) is 0 Å². The average Bonchev–Trinajstić information content (AvgIpc) is 2.56. The number of halogens is 9. The van der Waals surface area contributed by atoms with Crippen LogP contribution in [0.5, 0.6) is 17.2 Å². The Kier molecular flexibility index (Phi) is 9.15. The van der Waals surface area contributed by atoms with Gasteiger partial charge in [-0.3, -0.25) is 0 Å². The second-order valence-electron chi connectivity index (χ2n) is 7.10. The van der Waals surface area contributed by atoms with Crippen LogP contribution in [0.3, 0.4) is 0 Å². The number of aryl methyl sites for hydroxylation is 1. The molecule has 0 aromatic heterocycles. The van der Waals surface area contributed by atoms with Crippen molar-refractivity contribution in [3.63, 3.8) is 0 Å². The van der Waals surface area contributed by atoms with E-state index < -0.39 is 41.9 Å². The summed E-state index contributed by atoms with van der Waals surface area (Å²) < 4.78 is 125. The average molecular weight is 471 g/mol. The van der Waals surface area contributed by atoms with Crippen molar-refractivity contribution in [2.75, 3.05) is 6.54 Å². The Morgan fingerprint density at radius 2 is 1.29 bits per heavy atom. The van der Waals surface area contributed by atoms with E-state index in [9.17, 15) is 39.5 Å². The van der Waals surface area contributed by atoms with Gasteiger partial charge in [-0.1, -0.05) is 26.3 Å². The molecule has 0 fully saturated rings. The van der Waals surface area contributed by atoms with Crippen LogP contribution in [0.25, 0.3) is 0 Å². The van der Waals surface area contributed by atoms with Crippen LogP contribution in [0, 0.1) is 11.8 Å². The summed E-state index contributed by atoms with van der Waals surface area (Å²) in [5.41, 5.74) is 5.11. The van der Waals surface area contributed by atoms with E-state index >= 15 is 0 Å². The number of rotatable bonds is 10. The van der Waals surface area contributed by atoms with Crippen molar-refractivity contribution in [3.05, 3.63) is 17.7 Å². The van der Waals surface area contributed by atoms with Crippen molar-refractivity contribution in [1.29, 1.82) is 0 Å². The Morgan fingerprint density at radius 1 is 0.774 bits per heavy atom. The summed E-state index contributed by atoms with van der Waals surface area (Å²) in [4.78, 5) is 0. The molecule has 0 aliphatic heterocycles. The van der Waals surface area contributed by atoms with Gasteiger partial charge in [0, 0.05) is 0 Å². The lowest BCUT2D eigenvalue weighted by molar-refractivity contribution is -0.293. The monoisotopic (exact) mass is 471 g/mol. The van der Waals surface area contributed by atoms with Crippen molar-refractivity contribution in [2.45, 2.75) is 58.6 Å². The Bertz CT molecular complexity index is 702. The van der Waals surface area contributed by atoms with E-state index in [1.807, 2.05) is 13.8 Å². The predicted octanol–water partition coefficient (Wildman–Crippen LogP) is 6.33. The molecular formula is C18H22F9NO3. The van der Waals surface area contributed by atoms with Crippen molar-refractivity contribution < 1.29 is 53.7 Å². The minimum atomic E-state index is -5.60.